The first-order chi connectivity index (χ1) is 17.2. The molecule has 9 nitrogen and oxygen atoms in total. The number of alkyl carbamates (subject to hydrolysis) is 1. The smallest absolute Gasteiger partial charge is 0.407 e. The molecule has 1 aliphatic heterocycles. The van der Waals surface area contributed by atoms with Gasteiger partial charge in [-0.25, -0.2) is 19.7 Å². The Labute approximate surface area is 211 Å². The summed E-state index contributed by atoms with van der Waals surface area (Å²) in [7, 11) is 0. The van der Waals surface area contributed by atoms with Crippen molar-refractivity contribution < 1.29 is 19.0 Å². The maximum atomic E-state index is 12.1. The summed E-state index contributed by atoms with van der Waals surface area (Å²) in [6.07, 6.45) is 5.01. The van der Waals surface area contributed by atoms with Crippen molar-refractivity contribution in [2.75, 3.05) is 18.5 Å². The van der Waals surface area contributed by atoms with E-state index in [0.717, 1.165) is 53.4 Å². The first-order valence-corrected chi connectivity index (χ1v) is 12.5. The van der Waals surface area contributed by atoms with Gasteiger partial charge in [-0.2, -0.15) is 0 Å². The van der Waals surface area contributed by atoms with Crippen LogP contribution < -0.4 is 20.1 Å². The number of benzene rings is 1. The number of ether oxygens (including phenoxy) is 3. The van der Waals surface area contributed by atoms with Gasteiger partial charge in [-0.3, -0.25) is 0 Å². The van der Waals surface area contributed by atoms with Crippen LogP contribution in [0, 0.1) is 6.92 Å². The van der Waals surface area contributed by atoms with Crippen LogP contribution in [-0.4, -0.2) is 51.9 Å². The van der Waals surface area contributed by atoms with E-state index in [0.29, 0.717) is 30.8 Å². The summed E-state index contributed by atoms with van der Waals surface area (Å²) in [6, 6.07) is 8.48. The van der Waals surface area contributed by atoms with E-state index in [9.17, 15) is 4.79 Å². The van der Waals surface area contributed by atoms with Crippen molar-refractivity contribution in [2.24, 2.45) is 0 Å². The summed E-state index contributed by atoms with van der Waals surface area (Å²) >= 11 is 0. The molecule has 2 N–H and O–H groups in total. The molecule has 1 aromatic carbocycles. The number of nitrogens with zero attached hydrogens (tertiary/aromatic N) is 3. The first-order valence-electron chi connectivity index (χ1n) is 12.5. The van der Waals surface area contributed by atoms with Gasteiger partial charge in [0.2, 0.25) is 5.95 Å². The molecule has 3 heterocycles. The van der Waals surface area contributed by atoms with Gasteiger partial charge in [0.25, 0.3) is 5.88 Å². The summed E-state index contributed by atoms with van der Waals surface area (Å²) in [5.74, 6) is 1.84. The Hall–Kier alpha value is -3.62. The lowest BCUT2D eigenvalue weighted by molar-refractivity contribution is 0.0492. The minimum Gasteiger partial charge on any atom is -0.484 e. The number of carbonyl (C=O) groups excluding carboxylic acids is 1. The highest BCUT2D eigenvalue weighted by molar-refractivity contribution is 5.88. The number of aromatic nitrogens is 3. The lowest BCUT2D eigenvalue weighted by atomic mass is 9.91. The highest BCUT2D eigenvalue weighted by Crippen LogP contribution is 2.39. The van der Waals surface area contributed by atoms with Gasteiger partial charge >= 0.3 is 6.09 Å². The molecule has 5 rings (SSSR count). The lowest BCUT2D eigenvalue weighted by Gasteiger charge is -2.30. The van der Waals surface area contributed by atoms with Gasteiger partial charge in [-0.05, 0) is 77.1 Å². The summed E-state index contributed by atoms with van der Waals surface area (Å²) in [5.41, 5.74) is 3.25. The monoisotopic (exact) mass is 491 g/mol. The van der Waals surface area contributed by atoms with E-state index in [1.165, 1.54) is 0 Å². The van der Waals surface area contributed by atoms with Crippen molar-refractivity contribution in [3.8, 4) is 22.8 Å². The second kappa shape index (κ2) is 9.79. The van der Waals surface area contributed by atoms with Gasteiger partial charge in [0.05, 0.1) is 11.2 Å². The van der Waals surface area contributed by atoms with Crippen LogP contribution in [0.3, 0.4) is 0 Å². The largest absolute Gasteiger partial charge is 0.484 e. The molecule has 0 saturated heterocycles. The molecule has 1 aliphatic carbocycles. The van der Waals surface area contributed by atoms with Crippen molar-refractivity contribution in [1.82, 2.24) is 20.3 Å². The number of fused-ring (bicyclic) bond motifs is 2. The summed E-state index contributed by atoms with van der Waals surface area (Å²) in [4.78, 5) is 25.9. The highest BCUT2D eigenvalue weighted by Gasteiger charge is 2.25. The molecule has 9 heteroatoms. The van der Waals surface area contributed by atoms with Crippen LogP contribution in [0.4, 0.5) is 10.7 Å². The van der Waals surface area contributed by atoms with Crippen molar-refractivity contribution >= 4 is 22.9 Å². The van der Waals surface area contributed by atoms with Crippen molar-refractivity contribution in [3.63, 3.8) is 0 Å². The van der Waals surface area contributed by atoms with Crippen LogP contribution >= 0.6 is 0 Å². The Morgan fingerprint density at radius 3 is 2.56 bits per heavy atom. The summed E-state index contributed by atoms with van der Waals surface area (Å²) in [5, 5.41) is 7.48. The molecule has 3 aromatic rings. The molecular weight excluding hydrogens is 458 g/mol. The minimum atomic E-state index is -0.491. The molecule has 0 bridgehead atoms. The van der Waals surface area contributed by atoms with Crippen LogP contribution in [0.2, 0.25) is 0 Å². The quantitative estimate of drug-likeness (QED) is 0.524. The maximum Gasteiger partial charge on any atom is 0.407 e. The van der Waals surface area contributed by atoms with E-state index < -0.39 is 5.60 Å². The second-order valence-corrected chi connectivity index (χ2v) is 10.4. The molecule has 2 aromatic heterocycles. The average molecular weight is 492 g/mol. The topological polar surface area (TPSA) is 107 Å². The molecular formula is C27H33N5O4. The van der Waals surface area contributed by atoms with E-state index in [-0.39, 0.29) is 18.2 Å². The number of hydrogen-bond donors (Lipinski definition) is 2. The molecule has 1 amide bonds. The fraction of sp³-hybridized carbons (Fsp3) is 0.481. The van der Waals surface area contributed by atoms with Crippen molar-refractivity contribution in [3.05, 3.63) is 36.2 Å². The minimum absolute atomic E-state index is 0.129. The molecule has 190 valence electrons. The van der Waals surface area contributed by atoms with Gasteiger partial charge < -0.3 is 24.8 Å². The third kappa shape index (κ3) is 5.45. The fourth-order valence-corrected chi connectivity index (χ4v) is 4.73. The molecule has 2 aliphatic rings. The number of nitrogens with one attached hydrogen (secondary N) is 2. The summed E-state index contributed by atoms with van der Waals surface area (Å²) < 4.78 is 16.9. The van der Waals surface area contributed by atoms with Crippen LogP contribution in [-0.2, 0) is 4.74 Å². The van der Waals surface area contributed by atoms with Crippen LogP contribution in [0.1, 0.15) is 52.1 Å². The number of rotatable bonds is 4. The molecule has 1 fully saturated rings. The Bertz CT molecular complexity index is 1260. The standard InChI is InChI=1S/C27H33N5O4/c1-16-21-15-17(20-11-12-28-24-23(20)34-13-14-35-24)5-10-22(21)32-25(29-16)30-18-6-8-19(9-7-18)31-26(33)36-27(2,3)4/h5,10-12,15,18-19H,6-9,13-14H2,1-4H3,(H,31,33)(H,29,30,32). The highest BCUT2D eigenvalue weighted by atomic mass is 16.6. The number of hydrogen-bond acceptors (Lipinski definition) is 8. The zero-order valence-electron chi connectivity index (χ0n) is 21.3. The predicted molar refractivity (Wildman–Crippen MR) is 138 cm³/mol. The third-order valence-corrected chi connectivity index (χ3v) is 6.42. The zero-order valence-corrected chi connectivity index (χ0v) is 21.3. The molecule has 36 heavy (non-hydrogen) atoms. The van der Waals surface area contributed by atoms with Gasteiger partial charge in [0.15, 0.2) is 5.75 Å². The normalized spacial score (nSPS) is 19.6. The average Bonchev–Trinajstić information content (AvgIpc) is 2.84. The van der Waals surface area contributed by atoms with Gasteiger partial charge in [-0.15, -0.1) is 0 Å². The van der Waals surface area contributed by atoms with E-state index in [4.69, 9.17) is 24.2 Å². The molecule has 0 unspecified atom stereocenters. The van der Waals surface area contributed by atoms with Gasteiger partial charge in [0, 0.05) is 29.2 Å². The Kier molecular flexibility index (Phi) is 6.55. The van der Waals surface area contributed by atoms with Crippen LogP contribution in [0.5, 0.6) is 11.6 Å². The number of anilines is 1. The number of amides is 1. The van der Waals surface area contributed by atoms with Crippen LogP contribution in [0.25, 0.3) is 22.0 Å². The first kappa shape index (κ1) is 24.1. The number of carbonyl (C=O) groups is 1. The van der Waals surface area contributed by atoms with Crippen LogP contribution in [0.15, 0.2) is 30.5 Å². The predicted octanol–water partition coefficient (Wildman–Crippen LogP) is 5.02. The fourth-order valence-electron chi connectivity index (χ4n) is 4.73. The van der Waals surface area contributed by atoms with Gasteiger partial charge in [0.1, 0.15) is 18.8 Å². The second-order valence-electron chi connectivity index (χ2n) is 10.4. The molecule has 0 radical (unpaired) electrons. The van der Waals surface area contributed by atoms with E-state index in [1.54, 1.807) is 6.20 Å². The molecule has 0 spiro atoms. The summed E-state index contributed by atoms with van der Waals surface area (Å²) in [6.45, 7) is 8.63. The third-order valence-electron chi connectivity index (χ3n) is 6.42. The van der Waals surface area contributed by atoms with E-state index >= 15 is 0 Å². The SMILES string of the molecule is Cc1nc(NC2CCC(NC(=O)OC(C)(C)C)CC2)nc2ccc(-c3ccnc4c3OCCO4)cc12. The Morgan fingerprint density at radius 2 is 1.78 bits per heavy atom. The van der Waals surface area contributed by atoms with Gasteiger partial charge in [-0.1, -0.05) is 6.07 Å². The molecule has 1 saturated carbocycles. The van der Waals surface area contributed by atoms with Crippen molar-refractivity contribution in [1.29, 1.82) is 0 Å². The Balaban J connectivity index is 1.26. The lowest BCUT2D eigenvalue weighted by Crippen LogP contribution is -2.42. The van der Waals surface area contributed by atoms with Crippen molar-refractivity contribution in [2.45, 2.75) is 71.1 Å². The van der Waals surface area contributed by atoms with E-state index in [1.807, 2.05) is 45.9 Å². The Morgan fingerprint density at radius 1 is 1.03 bits per heavy atom. The molecule has 0 atom stereocenters. The van der Waals surface area contributed by atoms with E-state index in [2.05, 4.69) is 21.7 Å². The number of aryl methyl sites for hydroxylation is 1. The maximum absolute atomic E-state index is 12.1. The zero-order chi connectivity index (χ0) is 25.3. The number of pyridine rings is 1.